The fourth-order valence-corrected chi connectivity index (χ4v) is 2.13. The first-order valence-electron chi connectivity index (χ1n) is 6.27. The van der Waals surface area contributed by atoms with Gasteiger partial charge in [0.1, 0.15) is 5.82 Å². The minimum Gasteiger partial charge on any atom is -0.478 e. The second kappa shape index (κ2) is 5.74. The molecule has 2 rings (SSSR count). The normalized spacial score (nSPS) is 10.3. The predicted octanol–water partition coefficient (Wildman–Crippen LogP) is 3.47. The molecule has 0 aliphatic heterocycles. The molecule has 0 bridgehead atoms. The third kappa shape index (κ3) is 3.15. The number of carboxylic acids is 1. The van der Waals surface area contributed by atoms with Crippen molar-refractivity contribution in [3.8, 4) is 0 Å². The van der Waals surface area contributed by atoms with Crippen LogP contribution in [0.2, 0.25) is 0 Å². The Bertz CT molecular complexity index is 640. The summed E-state index contributed by atoms with van der Waals surface area (Å²) in [6.07, 6.45) is 0. The molecule has 0 aliphatic carbocycles. The molecule has 1 N–H and O–H groups in total. The maximum Gasteiger partial charge on any atom is 0.335 e. The number of aromatic carboxylic acids is 1. The van der Waals surface area contributed by atoms with E-state index in [2.05, 4.69) is 0 Å². The van der Waals surface area contributed by atoms with Crippen molar-refractivity contribution in [1.82, 2.24) is 0 Å². The van der Waals surface area contributed by atoms with E-state index in [-0.39, 0.29) is 5.82 Å². The van der Waals surface area contributed by atoms with Gasteiger partial charge in [0.2, 0.25) is 0 Å². The van der Waals surface area contributed by atoms with Crippen LogP contribution in [0.25, 0.3) is 0 Å². The maximum atomic E-state index is 13.1. The zero-order chi connectivity index (χ0) is 14.7. The van der Waals surface area contributed by atoms with Crippen LogP contribution in [0, 0.1) is 12.7 Å². The molecule has 0 saturated carbocycles. The third-order valence-electron chi connectivity index (χ3n) is 3.19. The van der Waals surface area contributed by atoms with E-state index in [0.29, 0.717) is 17.7 Å². The Balaban J connectivity index is 2.19. The first kappa shape index (κ1) is 14.1. The molecule has 0 saturated heterocycles. The summed E-state index contributed by atoms with van der Waals surface area (Å²) in [4.78, 5) is 12.9. The van der Waals surface area contributed by atoms with Gasteiger partial charge < -0.3 is 10.0 Å². The monoisotopic (exact) mass is 273 g/mol. The van der Waals surface area contributed by atoms with Gasteiger partial charge >= 0.3 is 5.97 Å². The zero-order valence-electron chi connectivity index (χ0n) is 11.4. The second-order valence-electron chi connectivity index (χ2n) is 4.79. The molecule has 0 fully saturated rings. The topological polar surface area (TPSA) is 40.5 Å². The summed E-state index contributed by atoms with van der Waals surface area (Å²) in [5.41, 5.74) is 2.78. The minimum atomic E-state index is -0.929. The van der Waals surface area contributed by atoms with Crippen molar-refractivity contribution in [2.45, 2.75) is 13.5 Å². The molecule has 0 aliphatic rings. The number of nitrogens with zero attached hydrogens (tertiary/aromatic N) is 1. The molecule has 2 aromatic rings. The molecule has 0 unspecified atom stereocenters. The van der Waals surface area contributed by atoms with Crippen molar-refractivity contribution in [3.05, 3.63) is 65.0 Å². The molecule has 0 radical (unpaired) electrons. The summed E-state index contributed by atoms with van der Waals surface area (Å²) in [6, 6.07) is 11.6. The number of benzene rings is 2. The summed E-state index contributed by atoms with van der Waals surface area (Å²) in [5.74, 6) is -1.19. The highest BCUT2D eigenvalue weighted by molar-refractivity contribution is 5.89. The van der Waals surface area contributed by atoms with Gasteiger partial charge in [-0.2, -0.15) is 0 Å². The summed E-state index contributed by atoms with van der Waals surface area (Å²) in [7, 11) is 1.89. The summed E-state index contributed by atoms with van der Waals surface area (Å²) >= 11 is 0. The number of carboxylic acid groups (broad SMARTS) is 1. The highest BCUT2D eigenvalue weighted by Gasteiger charge is 2.09. The van der Waals surface area contributed by atoms with Crippen molar-refractivity contribution in [3.63, 3.8) is 0 Å². The predicted molar refractivity (Wildman–Crippen MR) is 76.6 cm³/mol. The van der Waals surface area contributed by atoms with Crippen LogP contribution < -0.4 is 4.90 Å². The van der Waals surface area contributed by atoms with Gasteiger partial charge in [-0.25, -0.2) is 9.18 Å². The van der Waals surface area contributed by atoms with Crippen LogP contribution in [0.1, 0.15) is 21.5 Å². The average molecular weight is 273 g/mol. The summed E-state index contributed by atoms with van der Waals surface area (Å²) in [5, 5.41) is 9.01. The van der Waals surface area contributed by atoms with Gasteiger partial charge in [0.05, 0.1) is 5.56 Å². The van der Waals surface area contributed by atoms with Gasteiger partial charge in [0.25, 0.3) is 0 Å². The Morgan fingerprint density at radius 3 is 2.60 bits per heavy atom. The number of carbonyl (C=O) groups is 1. The standard InChI is InChI=1S/C16H16FNO2/c1-11-8-14(6-7-15(11)16(19)20)18(2)10-12-4-3-5-13(17)9-12/h3-9H,10H2,1-2H3,(H,19,20). The molecule has 4 heteroatoms. The minimum absolute atomic E-state index is 0.256. The van der Waals surface area contributed by atoms with Crippen molar-refractivity contribution < 1.29 is 14.3 Å². The Morgan fingerprint density at radius 2 is 2.00 bits per heavy atom. The zero-order valence-corrected chi connectivity index (χ0v) is 11.4. The molecule has 0 aromatic heterocycles. The van der Waals surface area contributed by atoms with Gasteiger partial charge in [-0.05, 0) is 48.4 Å². The summed E-state index contributed by atoms with van der Waals surface area (Å²) < 4.78 is 13.1. The van der Waals surface area contributed by atoms with E-state index in [9.17, 15) is 9.18 Å². The van der Waals surface area contributed by atoms with E-state index in [4.69, 9.17) is 5.11 Å². The van der Waals surface area contributed by atoms with E-state index >= 15 is 0 Å². The first-order valence-corrected chi connectivity index (χ1v) is 6.27. The Morgan fingerprint density at radius 1 is 1.25 bits per heavy atom. The van der Waals surface area contributed by atoms with Crippen molar-refractivity contribution in [2.75, 3.05) is 11.9 Å². The molecule has 3 nitrogen and oxygen atoms in total. The fraction of sp³-hybridized carbons (Fsp3) is 0.188. The van der Waals surface area contributed by atoms with Crippen molar-refractivity contribution >= 4 is 11.7 Å². The van der Waals surface area contributed by atoms with Crippen LogP contribution in [-0.4, -0.2) is 18.1 Å². The highest BCUT2D eigenvalue weighted by atomic mass is 19.1. The number of hydrogen-bond donors (Lipinski definition) is 1. The first-order chi connectivity index (χ1) is 9.47. The lowest BCUT2D eigenvalue weighted by Crippen LogP contribution is -2.17. The quantitative estimate of drug-likeness (QED) is 0.927. The third-order valence-corrected chi connectivity index (χ3v) is 3.19. The van der Waals surface area contributed by atoms with Crippen molar-refractivity contribution in [2.24, 2.45) is 0 Å². The molecule has 0 atom stereocenters. The van der Waals surface area contributed by atoms with Crippen LogP contribution in [-0.2, 0) is 6.54 Å². The SMILES string of the molecule is Cc1cc(N(C)Cc2cccc(F)c2)ccc1C(=O)O. The molecule has 0 amide bonds. The lowest BCUT2D eigenvalue weighted by Gasteiger charge is -2.20. The van der Waals surface area contributed by atoms with E-state index in [1.54, 1.807) is 25.1 Å². The van der Waals surface area contributed by atoms with Gasteiger partial charge in [-0.15, -0.1) is 0 Å². The number of hydrogen-bond acceptors (Lipinski definition) is 2. The molecular weight excluding hydrogens is 257 g/mol. The van der Waals surface area contributed by atoms with Crippen LogP contribution in [0.5, 0.6) is 0 Å². The molecule has 2 aromatic carbocycles. The molecule has 104 valence electrons. The molecule has 20 heavy (non-hydrogen) atoms. The van der Waals surface area contributed by atoms with E-state index < -0.39 is 5.97 Å². The van der Waals surface area contributed by atoms with E-state index in [1.165, 1.54) is 12.1 Å². The fourth-order valence-electron chi connectivity index (χ4n) is 2.13. The van der Waals surface area contributed by atoms with Gasteiger partial charge in [-0.3, -0.25) is 0 Å². The summed E-state index contributed by atoms with van der Waals surface area (Å²) in [6.45, 7) is 2.33. The lowest BCUT2D eigenvalue weighted by molar-refractivity contribution is 0.0696. The van der Waals surface area contributed by atoms with Crippen LogP contribution in [0.4, 0.5) is 10.1 Å². The van der Waals surface area contributed by atoms with Crippen molar-refractivity contribution in [1.29, 1.82) is 0 Å². The molecule has 0 heterocycles. The maximum absolute atomic E-state index is 13.1. The Labute approximate surface area is 117 Å². The highest BCUT2D eigenvalue weighted by Crippen LogP contribution is 2.20. The van der Waals surface area contributed by atoms with Crippen LogP contribution in [0.3, 0.4) is 0 Å². The lowest BCUT2D eigenvalue weighted by atomic mass is 10.1. The van der Waals surface area contributed by atoms with Crippen LogP contribution >= 0.6 is 0 Å². The second-order valence-corrected chi connectivity index (χ2v) is 4.79. The number of aryl methyl sites for hydroxylation is 1. The number of anilines is 1. The van der Waals surface area contributed by atoms with Gasteiger partial charge in [-0.1, -0.05) is 12.1 Å². The average Bonchev–Trinajstić information content (AvgIpc) is 2.38. The largest absolute Gasteiger partial charge is 0.478 e. The van der Waals surface area contributed by atoms with Gasteiger partial charge in [0.15, 0.2) is 0 Å². The Kier molecular flexibility index (Phi) is 4.03. The molecular formula is C16H16FNO2. The Hall–Kier alpha value is -2.36. The smallest absolute Gasteiger partial charge is 0.335 e. The van der Waals surface area contributed by atoms with Crippen LogP contribution in [0.15, 0.2) is 42.5 Å². The van der Waals surface area contributed by atoms with Gasteiger partial charge in [0, 0.05) is 19.3 Å². The number of rotatable bonds is 4. The molecule has 0 spiro atoms. The van der Waals surface area contributed by atoms with E-state index in [1.807, 2.05) is 24.1 Å². The van der Waals surface area contributed by atoms with E-state index in [0.717, 1.165) is 11.3 Å². The number of halogens is 1.